The minimum atomic E-state index is 0.502. The Bertz CT molecular complexity index is 671. The van der Waals surface area contributed by atoms with Crippen LogP contribution in [-0.4, -0.2) is 43.0 Å². The summed E-state index contributed by atoms with van der Waals surface area (Å²) in [6.45, 7) is 12.7. The van der Waals surface area contributed by atoms with Gasteiger partial charge in [0, 0.05) is 30.1 Å². The summed E-state index contributed by atoms with van der Waals surface area (Å²) in [6, 6.07) is 9.19. The Morgan fingerprint density at radius 3 is 2.55 bits per heavy atom. The molecule has 0 heterocycles. The molecule has 0 saturated heterocycles. The number of oxime groups is 1. The third-order valence-electron chi connectivity index (χ3n) is 5.78. The van der Waals surface area contributed by atoms with Crippen LogP contribution in [0.25, 0.3) is 6.08 Å². The smallest absolute Gasteiger partial charge is 0.129 e. The molecule has 2 rings (SSSR count). The van der Waals surface area contributed by atoms with Crippen LogP contribution < -0.4 is 4.74 Å². The molecule has 0 amide bonds. The monoisotopic (exact) mass is 400 g/mol. The molecule has 1 aliphatic carbocycles. The number of hydrogen-bond donors (Lipinski definition) is 0. The SMILES string of the molecule is CCCCC1CCC(=C\c2ccccc2OC)/C1=N/OCCN(C(C)C)C(C)C. The Hall–Kier alpha value is -1.81. The number of rotatable bonds is 11. The van der Waals surface area contributed by atoms with Gasteiger partial charge in [0.1, 0.15) is 12.4 Å². The van der Waals surface area contributed by atoms with Crippen molar-refractivity contribution in [3.8, 4) is 5.75 Å². The average molecular weight is 401 g/mol. The van der Waals surface area contributed by atoms with Crippen molar-refractivity contribution in [1.29, 1.82) is 0 Å². The van der Waals surface area contributed by atoms with Gasteiger partial charge in [-0.25, -0.2) is 0 Å². The van der Waals surface area contributed by atoms with Crippen LogP contribution in [-0.2, 0) is 4.84 Å². The van der Waals surface area contributed by atoms with Crippen LogP contribution in [0.15, 0.2) is 35.0 Å². The summed E-state index contributed by atoms with van der Waals surface area (Å²) < 4.78 is 5.53. The molecule has 0 N–H and O–H groups in total. The summed E-state index contributed by atoms with van der Waals surface area (Å²) in [4.78, 5) is 8.30. The minimum Gasteiger partial charge on any atom is -0.496 e. The van der Waals surface area contributed by atoms with E-state index in [0.717, 1.165) is 36.4 Å². The number of methoxy groups -OCH3 is 1. The number of ether oxygens (including phenoxy) is 1. The van der Waals surface area contributed by atoms with Gasteiger partial charge in [-0.1, -0.05) is 43.1 Å². The molecule has 0 aliphatic heterocycles. The molecule has 0 aromatic heterocycles. The molecular formula is C25H40N2O2. The largest absolute Gasteiger partial charge is 0.496 e. The maximum atomic E-state index is 5.86. The van der Waals surface area contributed by atoms with Crippen molar-refractivity contribution < 1.29 is 9.57 Å². The van der Waals surface area contributed by atoms with Gasteiger partial charge in [-0.05, 0) is 64.7 Å². The fourth-order valence-corrected chi connectivity index (χ4v) is 4.22. The van der Waals surface area contributed by atoms with Gasteiger partial charge in [0.05, 0.1) is 12.8 Å². The van der Waals surface area contributed by atoms with E-state index >= 15 is 0 Å². The molecule has 29 heavy (non-hydrogen) atoms. The van der Waals surface area contributed by atoms with E-state index in [1.54, 1.807) is 7.11 Å². The van der Waals surface area contributed by atoms with Gasteiger partial charge in [-0.2, -0.15) is 0 Å². The second kappa shape index (κ2) is 12.0. The van der Waals surface area contributed by atoms with Crippen LogP contribution in [0.5, 0.6) is 5.75 Å². The number of unbranched alkanes of at least 4 members (excludes halogenated alkanes) is 1. The number of hydrogen-bond acceptors (Lipinski definition) is 4. The third kappa shape index (κ3) is 6.88. The minimum absolute atomic E-state index is 0.502. The summed E-state index contributed by atoms with van der Waals surface area (Å²) in [5.74, 6) is 1.41. The van der Waals surface area contributed by atoms with Crippen LogP contribution >= 0.6 is 0 Å². The molecule has 1 aromatic rings. The molecule has 1 fully saturated rings. The van der Waals surface area contributed by atoms with E-state index < -0.39 is 0 Å². The zero-order chi connectivity index (χ0) is 21.2. The van der Waals surface area contributed by atoms with Crippen molar-refractivity contribution >= 4 is 11.8 Å². The standard InChI is InChI=1S/C25H40N2O2/c1-7-8-11-21-14-15-23(18-22-12-9-10-13-24(22)28-6)25(21)26-29-17-16-27(19(2)3)20(4)5/h9-10,12-13,18-21H,7-8,11,14-17H2,1-6H3/b23-18+,26-25+. The molecule has 1 aliphatic rings. The van der Waals surface area contributed by atoms with Gasteiger partial charge in [-0.15, -0.1) is 0 Å². The van der Waals surface area contributed by atoms with E-state index in [4.69, 9.17) is 9.57 Å². The van der Waals surface area contributed by atoms with Crippen LogP contribution in [0.4, 0.5) is 0 Å². The average Bonchev–Trinajstić information content (AvgIpc) is 3.07. The Kier molecular flexibility index (Phi) is 9.72. The van der Waals surface area contributed by atoms with Gasteiger partial charge < -0.3 is 9.57 Å². The quantitative estimate of drug-likeness (QED) is 0.329. The highest BCUT2D eigenvalue weighted by Crippen LogP contribution is 2.34. The summed E-state index contributed by atoms with van der Waals surface area (Å²) in [6.07, 6.45) is 8.09. The molecular weight excluding hydrogens is 360 g/mol. The number of nitrogens with zero attached hydrogens (tertiary/aromatic N) is 2. The van der Waals surface area contributed by atoms with E-state index in [-0.39, 0.29) is 0 Å². The zero-order valence-corrected chi connectivity index (χ0v) is 19.3. The lowest BCUT2D eigenvalue weighted by Gasteiger charge is -2.29. The molecule has 0 bridgehead atoms. The first-order chi connectivity index (χ1) is 14.0. The molecule has 1 aromatic carbocycles. The third-order valence-corrected chi connectivity index (χ3v) is 5.78. The number of allylic oxidation sites excluding steroid dienone is 1. The van der Waals surface area contributed by atoms with Crippen molar-refractivity contribution in [3.05, 3.63) is 35.4 Å². The summed E-state index contributed by atoms with van der Waals surface area (Å²) >= 11 is 0. The fraction of sp³-hybridized carbons (Fsp3) is 0.640. The second-order valence-corrected chi connectivity index (χ2v) is 8.52. The second-order valence-electron chi connectivity index (χ2n) is 8.52. The lowest BCUT2D eigenvalue weighted by atomic mass is 9.98. The van der Waals surface area contributed by atoms with Crippen molar-refractivity contribution in [2.45, 2.75) is 78.8 Å². The molecule has 4 heteroatoms. The van der Waals surface area contributed by atoms with Crippen molar-refractivity contribution in [2.75, 3.05) is 20.3 Å². The van der Waals surface area contributed by atoms with Gasteiger partial charge in [-0.3, -0.25) is 4.90 Å². The maximum absolute atomic E-state index is 5.86. The maximum Gasteiger partial charge on any atom is 0.129 e. The zero-order valence-electron chi connectivity index (χ0n) is 19.3. The predicted molar refractivity (Wildman–Crippen MR) is 124 cm³/mol. The summed E-state index contributed by atoms with van der Waals surface area (Å²) in [5.41, 5.74) is 3.55. The Morgan fingerprint density at radius 1 is 1.17 bits per heavy atom. The molecule has 0 radical (unpaired) electrons. The number of benzene rings is 1. The fourth-order valence-electron chi connectivity index (χ4n) is 4.22. The molecule has 0 spiro atoms. The highest BCUT2D eigenvalue weighted by molar-refractivity contribution is 6.07. The Morgan fingerprint density at radius 2 is 1.90 bits per heavy atom. The van der Waals surface area contributed by atoms with Crippen LogP contribution in [0.2, 0.25) is 0 Å². The van der Waals surface area contributed by atoms with Gasteiger partial charge in [0.15, 0.2) is 0 Å². The molecule has 162 valence electrons. The summed E-state index contributed by atoms with van der Waals surface area (Å²) in [5, 5.41) is 4.66. The van der Waals surface area contributed by atoms with Crippen molar-refractivity contribution in [3.63, 3.8) is 0 Å². The van der Waals surface area contributed by atoms with E-state index in [1.807, 2.05) is 12.1 Å². The first kappa shape index (κ1) is 23.5. The Balaban J connectivity index is 2.14. The molecule has 1 unspecified atom stereocenters. The van der Waals surface area contributed by atoms with Gasteiger partial charge in [0.25, 0.3) is 0 Å². The normalized spacial score (nSPS) is 19.8. The van der Waals surface area contributed by atoms with Crippen molar-refractivity contribution in [2.24, 2.45) is 11.1 Å². The molecule has 1 saturated carbocycles. The Labute approximate surface area is 178 Å². The number of para-hydroxylation sites is 1. The van der Waals surface area contributed by atoms with E-state index in [1.165, 1.54) is 24.8 Å². The molecule has 4 nitrogen and oxygen atoms in total. The van der Waals surface area contributed by atoms with Crippen LogP contribution in [0, 0.1) is 5.92 Å². The highest BCUT2D eigenvalue weighted by atomic mass is 16.6. The van der Waals surface area contributed by atoms with Gasteiger partial charge in [0.2, 0.25) is 0 Å². The van der Waals surface area contributed by atoms with Crippen LogP contribution in [0.3, 0.4) is 0 Å². The van der Waals surface area contributed by atoms with E-state index in [2.05, 4.69) is 62.9 Å². The lowest BCUT2D eigenvalue weighted by Crippen LogP contribution is -2.39. The lowest BCUT2D eigenvalue weighted by molar-refractivity contribution is 0.0822. The van der Waals surface area contributed by atoms with Crippen molar-refractivity contribution in [1.82, 2.24) is 4.90 Å². The topological polar surface area (TPSA) is 34.1 Å². The first-order valence-corrected chi connectivity index (χ1v) is 11.3. The predicted octanol–water partition coefficient (Wildman–Crippen LogP) is 6.17. The first-order valence-electron chi connectivity index (χ1n) is 11.3. The van der Waals surface area contributed by atoms with E-state index in [0.29, 0.717) is 24.6 Å². The summed E-state index contributed by atoms with van der Waals surface area (Å²) in [7, 11) is 1.73. The molecule has 1 atom stereocenters. The van der Waals surface area contributed by atoms with Crippen LogP contribution in [0.1, 0.15) is 72.3 Å². The van der Waals surface area contributed by atoms with Gasteiger partial charge >= 0.3 is 0 Å². The van der Waals surface area contributed by atoms with E-state index in [9.17, 15) is 0 Å². The highest BCUT2D eigenvalue weighted by Gasteiger charge is 2.28.